The molecule has 0 aromatic carbocycles. The standard InChI is InChI=1S/C4H6N2O3S.K.H/c1-2-3(5)4(7)6-10(2,8)9;;/h5H2,1H3,(H,6,7);;. The van der Waals surface area contributed by atoms with Crippen molar-refractivity contribution in [2.24, 2.45) is 10.1 Å². The first-order valence-electron chi connectivity index (χ1n) is 2.46. The van der Waals surface area contributed by atoms with Gasteiger partial charge in [0.05, 0.1) is 4.91 Å². The average molecular weight is 202 g/mol. The van der Waals surface area contributed by atoms with E-state index >= 15 is 0 Å². The van der Waals surface area contributed by atoms with E-state index in [2.05, 4.69) is 4.40 Å². The second-order valence-corrected chi connectivity index (χ2v) is 3.60. The van der Waals surface area contributed by atoms with Crippen LogP contribution in [0.4, 0.5) is 0 Å². The molecule has 0 amide bonds. The first kappa shape index (κ1) is 11.6. The van der Waals surface area contributed by atoms with Crippen molar-refractivity contribution in [3.63, 3.8) is 0 Å². The van der Waals surface area contributed by atoms with Crippen molar-refractivity contribution in [2.75, 3.05) is 0 Å². The third-order valence-corrected chi connectivity index (χ3v) is 2.62. The van der Waals surface area contributed by atoms with Gasteiger partial charge in [0.15, 0.2) is 0 Å². The van der Waals surface area contributed by atoms with Crippen LogP contribution in [0, 0.1) is 0 Å². The summed E-state index contributed by atoms with van der Waals surface area (Å²) in [6.07, 6.45) is 0. The van der Waals surface area contributed by atoms with Gasteiger partial charge in [0.1, 0.15) is 5.70 Å². The molecule has 0 aromatic heterocycles. The Morgan fingerprint density at radius 3 is 2.09 bits per heavy atom. The number of allylic oxidation sites excluding steroid dienone is 1. The van der Waals surface area contributed by atoms with Gasteiger partial charge in [0, 0.05) is 0 Å². The zero-order valence-corrected chi connectivity index (χ0v) is 6.01. The molecule has 1 heterocycles. The second-order valence-electron chi connectivity index (χ2n) is 1.86. The maximum atomic E-state index is 10.7. The summed E-state index contributed by atoms with van der Waals surface area (Å²) in [6, 6.07) is 0. The predicted molar refractivity (Wildman–Crippen MR) is 43.0 cm³/mol. The third-order valence-electron chi connectivity index (χ3n) is 1.21. The van der Waals surface area contributed by atoms with Crippen molar-refractivity contribution in [3.05, 3.63) is 10.6 Å². The van der Waals surface area contributed by atoms with Gasteiger partial charge in [-0.1, -0.05) is 0 Å². The number of nitrogens with two attached hydrogens (primary N) is 1. The van der Waals surface area contributed by atoms with Crippen LogP contribution in [0.25, 0.3) is 0 Å². The van der Waals surface area contributed by atoms with Crippen molar-refractivity contribution in [2.45, 2.75) is 6.92 Å². The Balaban J connectivity index is 0.000001000. The molecule has 1 aliphatic rings. The van der Waals surface area contributed by atoms with Crippen molar-refractivity contribution < 1.29 is 13.5 Å². The molecule has 1 aliphatic heterocycles. The first-order valence-corrected chi connectivity index (χ1v) is 3.90. The molecule has 0 spiro atoms. The molecule has 0 radical (unpaired) electrons. The molecular weight excluding hydrogens is 195 g/mol. The number of nitrogens with zero attached hydrogens (tertiary/aromatic N) is 1. The fraction of sp³-hybridized carbons (Fsp3) is 0.250. The van der Waals surface area contributed by atoms with Crippen LogP contribution < -0.4 is 5.73 Å². The molecule has 5 nitrogen and oxygen atoms in total. The van der Waals surface area contributed by atoms with Gasteiger partial charge in [-0.05, 0) is 6.92 Å². The molecule has 0 saturated carbocycles. The third kappa shape index (κ3) is 2.04. The Bertz CT molecular complexity index is 329. The van der Waals surface area contributed by atoms with E-state index in [-0.39, 0.29) is 62.0 Å². The summed E-state index contributed by atoms with van der Waals surface area (Å²) in [4.78, 5) is -0.0926. The zero-order chi connectivity index (χ0) is 7.94. The summed E-state index contributed by atoms with van der Waals surface area (Å²) in [5.74, 6) is -0.613. The SMILES string of the molecule is CC1=C(N)C(O)=NS1(=O)=O.[KH]. The summed E-state index contributed by atoms with van der Waals surface area (Å²) in [6.45, 7) is 1.29. The van der Waals surface area contributed by atoms with Crippen molar-refractivity contribution in [3.8, 4) is 0 Å². The number of hydrogen-bond donors (Lipinski definition) is 2. The van der Waals surface area contributed by atoms with Gasteiger partial charge in [-0.2, -0.15) is 8.42 Å². The normalized spacial score (nSPS) is 21.0. The predicted octanol–water partition coefficient (Wildman–Crippen LogP) is -1.17. The van der Waals surface area contributed by atoms with Crippen LogP contribution in [-0.2, 0) is 10.0 Å². The molecule has 0 fully saturated rings. The molecule has 0 aliphatic carbocycles. The summed E-state index contributed by atoms with van der Waals surface area (Å²) < 4.78 is 24.3. The van der Waals surface area contributed by atoms with Crippen LogP contribution in [0.1, 0.15) is 6.92 Å². The molecule has 0 atom stereocenters. The van der Waals surface area contributed by atoms with E-state index in [0.717, 1.165) is 0 Å². The van der Waals surface area contributed by atoms with Crippen molar-refractivity contribution in [1.29, 1.82) is 0 Å². The Morgan fingerprint density at radius 1 is 1.55 bits per heavy atom. The van der Waals surface area contributed by atoms with E-state index in [4.69, 9.17) is 10.8 Å². The number of rotatable bonds is 0. The quantitative estimate of drug-likeness (QED) is 0.484. The van der Waals surface area contributed by atoms with Gasteiger partial charge in [-0.3, -0.25) is 0 Å². The van der Waals surface area contributed by atoms with E-state index < -0.39 is 15.9 Å². The average Bonchev–Trinajstić information content (AvgIpc) is 1.95. The molecule has 11 heavy (non-hydrogen) atoms. The molecular formula is C4H7KN2O3S. The summed E-state index contributed by atoms with van der Waals surface area (Å²) in [7, 11) is -3.63. The summed E-state index contributed by atoms with van der Waals surface area (Å²) in [5, 5.41) is 8.69. The van der Waals surface area contributed by atoms with Crippen LogP contribution in [0.5, 0.6) is 0 Å². The fourth-order valence-electron chi connectivity index (χ4n) is 0.528. The van der Waals surface area contributed by atoms with Gasteiger partial charge < -0.3 is 10.8 Å². The monoisotopic (exact) mass is 202 g/mol. The molecule has 0 bridgehead atoms. The molecule has 58 valence electrons. The zero-order valence-electron chi connectivity index (χ0n) is 5.20. The van der Waals surface area contributed by atoms with Gasteiger partial charge in [-0.15, -0.1) is 4.40 Å². The van der Waals surface area contributed by atoms with E-state index in [1.54, 1.807) is 0 Å². The first-order chi connectivity index (χ1) is 4.45. The topological polar surface area (TPSA) is 92.8 Å². The summed E-state index contributed by atoms with van der Waals surface area (Å²) in [5.41, 5.74) is 4.95. The number of hydrogen-bond acceptors (Lipinski definition) is 3. The van der Waals surface area contributed by atoms with Crippen molar-refractivity contribution in [1.82, 2.24) is 0 Å². The Morgan fingerprint density at radius 2 is 2.00 bits per heavy atom. The van der Waals surface area contributed by atoms with E-state index in [9.17, 15) is 8.42 Å². The Hall–Kier alpha value is 0.596. The van der Waals surface area contributed by atoms with Gasteiger partial charge in [-0.25, -0.2) is 0 Å². The van der Waals surface area contributed by atoms with Crippen LogP contribution in [-0.4, -0.2) is 70.8 Å². The summed E-state index contributed by atoms with van der Waals surface area (Å²) >= 11 is 0. The van der Waals surface area contributed by atoms with Crippen LogP contribution in [0.2, 0.25) is 0 Å². The Kier molecular flexibility index (Phi) is 3.73. The van der Waals surface area contributed by atoms with E-state index in [1.165, 1.54) is 6.92 Å². The second kappa shape index (κ2) is 3.54. The molecule has 0 saturated heterocycles. The van der Waals surface area contributed by atoms with Gasteiger partial charge in [0.2, 0.25) is 5.90 Å². The minimum atomic E-state index is -3.63. The Labute approximate surface area is 107 Å². The fourth-order valence-corrected chi connectivity index (χ4v) is 1.36. The van der Waals surface area contributed by atoms with Crippen LogP contribution >= 0.6 is 0 Å². The van der Waals surface area contributed by atoms with Crippen molar-refractivity contribution >= 4 is 67.3 Å². The molecule has 0 aromatic rings. The number of sulfonamides is 1. The van der Waals surface area contributed by atoms with Gasteiger partial charge in [0.25, 0.3) is 10.0 Å². The number of aliphatic hydroxyl groups is 1. The minimum absolute atomic E-state index is 0. The molecule has 1 rings (SSSR count). The molecule has 0 unspecified atom stereocenters. The maximum absolute atomic E-state index is 10.7. The molecule has 7 heteroatoms. The van der Waals surface area contributed by atoms with Gasteiger partial charge >= 0.3 is 51.4 Å². The number of aliphatic hydroxyl groups excluding tert-OH is 1. The van der Waals surface area contributed by atoms with E-state index in [1.807, 2.05) is 0 Å². The van der Waals surface area contributed by atoms with Crippen LogP contribution in [0.3, 0.4) is 0 Å². The molecule has 3 N–H and O–H groups in total. The van der Waals surface area contributed by atoms with Crippen LogP contribution in [0.15, 0.2) is 15.0 Å². The van der Waals surface area contributed by atoms with E-state index in [0.29, 0.717) is 0 Å².